The Morgan fingerprint density at radius 1 is 1.36 bits per heavy atom. The summed E-state index contributed by atoms with van der Waals surface area (Å²) in [6, 6.07) is 0.512. The largest absolute Gasteiger partial charge is 0.481 e. The van der Waals surface area contributed by atoms with Crippen molar-refractivity contribution in [1.82, 2.24) is 4.90 Å². The smallest absolute Gasteiger partial charge is 0.308 e. The van der Waals surface area contributed by atoms with Crippen molar-refractivity contribution in [1.29, 1.82) is 0 Å². The molecule has 1 saturated carbocycles. The summed E-state index contributed by atoms with van der Waals surface area (Å²) in [5, 5.41) is 8.94. The number of rotatable bonds is 2. The molecular formula is C10H18N2O2. The van der Waals surface area contributed by atoms with Crippen molar-refractivity contribution in [3.63, 3.8) is 0 Å². The number of nitrogens with two attached hydrogens (primary N) is 1. The number of carbonyl (C=O) groups is 1. The van der Waals surface area contributed by atoms with Crippen LogP contribution >= 0.6 is 0 Å². The van der Waals surface area contributed by atoms with Crippen LogP contribution in [0.3, 0.4) is 0 Å². The molecule has 14 heavy (non-hydrogen) atoms. The van der Waals surface area contributed by atoms with Gasteiger partial charge in [-0.25, -0.2) is 0 Å². The number of piperidine rings is 1. The lowest BCUT2D eigenvalue weighted by Gasteiger charge is -2.45. The highest BCUT2D eigenvalue weighted by Gasteiger charge is 2.41. The maximum atomic E-state index is 10.9. The third-order valence-electron chi connectivity index (χ3n) is 3.51. The Balaban J connectivity index is 1.91. The Morgan fingerprint density at radius 2 is 2.14 bits per heavy atom. The number of hydrogen-bond acceptors (Lipinski definition) is 3. The van der Waals surface area contributed by atoms with Gasteiger partial charge in [0.15, 0.2) is 0 Å². The summed E-state index contributed by atoms with van der Waals surface area (Å²) in [6.45, 7) is 1.91. The molecule has 0 spiro atoms. The van der Waals surface area contributed by atoms with Crippen LogP contribution in [0.5, 0.6) is 0 Å². The molecule has 2 rings (SSSR count). The van der Waals surface area contributed by atoms with Gasteiger partial charge in [0.25, 0.3) is 0 Å². The molecule has 3 atom stereocenters. The fraction of sp³-hybridized carbons (Fsp3) is 0.900. The van der Waals surface area contributed by atoms with Gasteiger partial charge in [0.1, 0.15) is 0 Å². The van der Waals surface area contributed by atoms with E-state index < -0.39 is 5.97 Å². The lowest BCUT2D eigenvalue weighted by molar-refractivity contribution is -0.149. The van der Waals surface area contributed by atoms with Gasteiger partial charge < -0.3 is 10.8 Å². The van der Waals surface area contributed by atoms with Crippen molar-refractivity contribution in [2.24, 2.45) is 11.7 Å². The molecule has 3 unspecified atom stereocenters. The summed E-state index contributed by atoms with van der Waals surface area (Å²) in [6.07, 6.45) is 4.07. The lowest BCUT2D eigenvalue weighted by Crippen LogP contribution is -2.55. The first-order chi connectivity index (χ1) is 6.68. The van der Waals surface area contributed by atoms with Gasteiger partial charge in [-0.05, 0) is 32.2 Å². The van der Waals surface area contributed by atoms with E-state index in [9.17, 15) is 4.79 Å². The monoisotopic (exact) mass is 198 g/mol. The topological polar surface area (TPSA) is 66.6 Å². The first kappa shape index (κ1) is 9.93. The van der Waals surface area contributed by atoms with Gasteiger partial charge in [0, 0.05) is 18.6 Å². The first-order valence-corrected chi connectivity index (χ1v) is 5.41. The van der Waals surface area contributed by atoms with Crippen LogP contribution in [0.25, 0.3) is 0 Å². The van der Waals surface area contributed by atoms with Gasteiger partial charge in [-0.3, -0.25) is 9.69 Å². The molecule has 0 aromatic rings. The number of nitrogens with zero attached hydrogens (tertiary/aromatic N) is 1. The van der Waals surface area contributed by atoms with E-state index >= 15 is 0 Å². The normalized spacial score (nSPS) is 39.1. The van der Waals surface area contributed by atoms with Crippen LogP contribution in [0.15, 0.2) is 0 Å². The fourth-order valence-corrected chi connectivity index (χ4v) is 2.55. The summed E-state index contributed by atoms with van der Waals surface area (Å²) in [5.41, 5.74) is 5.87. The molecule has 0 bridgehead atoms. The van der Waals surface area contributed by atoms with E-state index in [1.54, 1.807) is 0 Å². The molecule has 80 valence electrons. The van der Waals surface area contributed by atoms with Crippen LogP contribution in [0.2, 0.25) is 0 Å². The Kier molecular flexibility index (Phi) is 2.74. The highest BCUT2D eigenvalue weighted by Crippen LogP contribution is 2.33. The molecule has 1 heterocycles. The second-order valence-corrected chi connectivity index (χ2v) is 4.49. The first-order valence-electron chi connectivity index (χ1n) is 5.41. The second-order valence-electron chi connectivity index (χ2n) is 4.49. The van der Waals surface area contributed by atoms with Gasteiger partial charge in [0.05, 0.1) is 5.92 Å². The number of carboxylic acids is 1. The van der Waals surface area contributed by atoms with Gasteiger partial charge in [0.2, 0.25) is 0 Å². The van der Waals surface area contributed by atoms with Crippen LogP contribution in [0.4, 0.5) is 0 Å². The predicted octanol–water partition coefficient (Wildman–Crippen LogP) is 0.273. The van der Waals surface area contributed by atoms with E-state index in [-0.39, 0.29) is 18.0 Å². The zero-order valence-corrected chi connectivity index (χ0v) is 8.35. The Bertz CT molecular complexity index is 232. The van der Waals surface area contributed by atoms with Crippen molar-refractivity contribution in [3.8, 4) is 0 Å². The number of aliphatic carboxylic acids is 1. The standard InChI is InChI=1S/C10H18N2O2/c11-7-2-1-5-12(6-7)9-4-3-8(9)10(13)14/h7-9H,1-6,11H2,(H,13,14). The molecule has 2 aliphatic rings. The highest BCUT2D eigenvalue weighted by atomic mass is 16.4. The van der Waals surface area contributed by atoms with Gasteiger partial charge in [-0.15, -0.1) is 0 Å². The predicted molar refractivity (Wildman–Crippen MR) is 52.9 cm³/mol. The molecule has 0 radical (unpaired) electrons. The fourth-order valence-electron chi connectivity index (χ4n) is 2.55. The molecule has 4 nitrogen and oxygen atoms in total. The third kappa shape index (κ3) is 1.77. The number of carboxylic acid groups (broad SMARTS) is 1. The summed E-state index contributed by atoms with van der Waals surface area (Å²) in [4.78, 5) is 13.1. The summed E-state index contributed by atoms with van der Waals surface area (Å²) in [7, 11) is 0. The molecular weight excluding hydrogens is 180 g/mol. The molecule has 0 aromatic heterocycles. The zero-order valence-electron chi connectivity index (χ0n) is 8.35. The molecule has 4 heteroatoms. The zero-order chi connectivity index (χ0) is 10.1. The Morgan fingerprint density at radius 3 is 2.64 bits per heavy atom. The van der Waals surface area contributed by atoms with Gasteiger partial charge in [-0.1, -0.05) is 0 Å². The van der Waals surface area contributed by atoms with Crippen LogP contribution in [0.1, 0.15) is 25.7 Å². The maximum Gasteiger partial charge on any atom is 0.308 e. The van der Waals surface area contributed by atoms with E-state index in [2.05, 4.69) is 4.90 Å². The molecule has 1 aliphatic heterocycles. The van der Waals surface area contributed by atoms with Crippen molar-refractivity contribution in [3.05, 3.63) is 0 Å². The average molecular weight is 198 g/mol. The minimum atomic E-state index is -0.639. The van der Waals surface area contributed by atoms with Crippen LogP contribution in [0, 0.1) is 5.92 Å². The minimum absolute atomic E-state index is 0.139. The van der Waals surface area contributed by atoms with Gasteiger partial charge in [-0.2, -0.15) is 0 Å². The number of hydrogen-bond donors (Lipinski definition) is 2. The molecule has 3 N–H and O–H groups in total. The van der Waals surface area contributed by atoms with Crippen LogP contribution in [-0.4, -0.2) is 41.1 Å². The van der Waals surface area contributed by atoms with Crippen molar-refractivity contribution in [2.45, 2.75) is 37.8 Å². The van der Waals surface area contributed by atoms with Gasteiger partial charge >= 0.3 is 5.97 Å². The van der Waals surface area contributed by atoms with Crippen LogP contribution in [-0.2, 0) is 4.79 Å². The quantitative estimate of drug-likeness (QED) is 0.668. The molecule has 0 amide bonds. The van der Waals surface area contributed by atoms with Crippen molar-refractivity contribution < 1.29 is 9.90 Å². The number of likely N-dealkylation sites (tertiary alicyclic amines) is 1. The molecule has 1 saturated heterocycles. The SMILES string of the molecule is NC1CCCN(C2CCC2C(=O)O)C1. The molecule has 1 aliphatic carbocycles. The third-order valence-corrected chi connectivity index (χ3v) is 3.51. The molecule has 0 aromatic carbocycles. The van der Waals surface area contributed by atoms with Crippen molar-refractivity contribution in [2.75, 3.05) is 13.1 Å². The van der Waals surface area contributed by atoms with Crippen LogP contribution < -0.4 is 5.73 Å². The lowest BCUT2D eigenvalue weighted by atomic mass is 9.77. The van der Waals surface area contributed by atoms with E-state index in [0.29, 0.717) is 0 Å². The summed E-state index contributed by atoms with van der Waals surface area (Å²) >= 11 is 0. The molecule has 2 fully saturated rings. The summed E-state index contributed by atoms with van der Waals surface area (Å²) in [5.74, 6) is -0.777. The van der Waals surface area contributed by atoms with Crippen molar-refractivity contribution >= 4 is 5.97 Å². The summed E-state index contributed by atoms with van der Waals surface area (Å²) < 4.78 is 0. The maximum absolute atomic E-state index is 10.9. The van der Waals surface area contributed by atoms with E-state index in [1.807, 2.05) is 0 Å². The van der Waals surface area contributed by atoms with E-state index in [0.717, 1.165) is 38.8 Å². The van der Waals surface area contributed by atoms with E-state index in [1.165, 1.54) is 0 Å². The second kappa shape index (κ2) is 3.87. The van der Waals surface area contributed by atoms with E-state index in [4.69, 9.17) is 10.8 Å². The average Bonchev–Trinajstić information content (AvgIpc) is 2.00. The highest BCUT2D eigenvalue weighted by molar-refractivity contribution is 5.72. The Labute approximate surface area is 84.1 Å². The minimum Gasteiger partial charge on any atom is -0.481 e. The Hall–Kier alpha value is -0.610.